The Labute approximate surface area is 237 Å². The fourth-order valence-electron chi connectivity index (χ4n) is 5.47. The van der Waals surface area contributed by atoms with Gasteiger partial charge in [0.15, 0.2) is 5.54 Å². The van der Waals surface area contributed by atoms with E-state index in [0.29, 0.717) is 31.7 Å². The molecule has 0 amide bonds. The number of hydrogen-bond donors (Lipinski definition) is 0. The molecule has 0 heterocycles. The summed E-state index contributed by atoms with van der Waals surface area (Å²) >= 11 is 0. The molecular formula is C33H48ClNO3. The van der Waals surface area contributed by atoms with Crippen molar-refractivity contribution in [1.29, 1.82) is 0 Å². The fourth-order valence-corrected chi connectivity index (χ4v) is 5.47. The van der Waals surface area contributed by atoms with E-state index in [1.165, 1.54) is 16.7 Å². The summed E-state index contributed by atoms with van der Waals surface area (Å²) in [4.78, 5) is 0. The van der Waals surface area contributed by atoms with Crippen molar-refractivity contribution in [3.63, 3.8) is 0 Å². The summed E-state index contributed by atoms with van der Waals surface area (Å²) in [7, 11) is 4.76. The zero-order valence-electron chi connectivity index (χ0n) is 24.1. The van der Waals surface area contributed by atoms with Crippen LogP contribution in [0.15, 0.2) is 84.9 Å². The Kier molecular flexibility index (Phi) is 14.1. The van der Waals surface area contributed by atoms with Gasteiger partial charge in [-0.2, -0.15) is 0 Å². The molecule has 0 aromatic heterocycles. The monoisotopic (exact) mass is 541 g/mol. The lowest BCUT2D eigenvalue weighted by Gasteiger charge is -2.51. The van der Waals surface area contributed by atoms with Gasteiger partial charge in [0.25, 0.3) is 0 Å². The number of rotatable bonds is 14. The largest absolute Gasteiger partial charge is 1.00 e. The van der Waals surface area contributed by atoms with Gasteiger partial charge in [-0.3, -0.25) is 0 Å². The van der Waals surface area contributed by atoms with Crippen molar-refractivity contribution in [2.45, 2.75) is 46.1 Å². The smallest absolute Gasteiger partial charge is 0.151 e. The first kappa shape index (κ1) is 33.7. The number of benzene rings is 3. The Bertz CT molecular complexity index is 1040. The zero-order chi connectivity index (χ0) is 26.0. The van der Waals surface area contributed by atoms with E-state index in [0.717, 1.165) is 29.6 Å². The van der Waals surface area contributed by atoms with Crippen LogP contribution in [0.3, 0.4) is 0 Å². The van der Waals surface area contributed by atoms with Gasteiger partial charge < -0.3 is 31.8 Å². The number of ether oxygens (including phenoxy) is 2. The van der Waals surface area contributed by atoms with Crippen LogP contribution in [-0.2, 0) is 16.7 Å². The van der Waals surface area contributed by atoms with E-state index in [4.69, 9.17) is 9.47 Å². The first-order valence-electron chi connectivity index (χ1n) is 13.5. The lowest BCUT2D eigenvalue weighted by atomic mass is 9.71. The quantitative estimate of drug-likeness (QED) is 0.231. The molecule has 0 bridgehead atoms. The lowest BCUT2D eigenvalue weighted by Crippen LogP contribution is -3.00. The summed E-state index contributed by atoms with van der Waals surface area (Å²) in [5.74, 6) is 2.02. The van der Waals surface area contributed by atoms with Crippen LogP contribution in [0.4, 0.5) is 0 Å². The first-order valence-corrected chi connectivity index (χ1v) is 13.5. The molecule has 3 rings (SSSR count). The van der Waals surface area contributed by atoms with Crippen molar-refractivity contribution in [2.75, 3.05) is 40.5 Å². The Morgan fingerprint density at radius 2 is 1.29 bits per heavy atom. The van der Waals surface area contributed by atoms with Crippen LogP contribution >= 0.6 is 0 Å². The third-order valence-corrected chi connectivity index (χ3v) is 7.11. The molecule has 3 aromatic rings. The van der Waals surface area contributed by atoms with Crippen LogP contribution in [0.1, 0.15) is 50.8 Å². The summed E-state index contributed by atoms with van der Waals surface area (Å²) in [6, 6.07) is 30.2. The van der Waals surface area contributed by atoms with Crippen LogP contribution in [-0.4, -0.2) is 50.4 Å². The van der Waals surface area contributed by atoms with Gasteiger partial charge in [0.05, 0.1) is 27.3 Å². The Balaban J connectivity index is 0.00000361. The highest BCUT2D eigenvalue weighted by atomic mass is 35.5. The molecule has 3 aromatic carbocycles. The second-order valence-corrected chi connectivity index (χ2v) is 11.3. The minimum atomic E-state index is -0.176. The topological polar surface area (TPSA) is 50.0 Å². The summed E-state index contributed by atoms with van der Waals surface area (Å²) in [6.45, 7) is 12.1. The average Bonchev–Trinajstić information content (AvgIpc) is 2.85. The van der Waals surface area contributed by atoms with Crippen LogP contribution in [0, 0.1) is 11.8 Å². The standard InChI is InChI=1S/C33H46NO2.ClH.H2O/c1-27(2)25-29-15-13-14-20-32(29)33(26-28(3)4,30-16-9-7-10-17-30)34(5,6)21-22-35-23-24-36-31-18-11-8-12-19-31;;/h7-20,27-28H,21-26H2,1-6H3;1H;1H2/q+1;;/p-1. The number of nitrogens with zero attached hydrogens (tertiary/aromatic N) is 1. The average molecular weight is 542 g/mol. The number of likely N-dealkylation sites (N-methyl/N-ethyl adjacent to an activating group) is 1. The molecule has 0 aliphatic carbocycles. The molecule has 0 saturated carbocycles. The predicted molar refractivity (Wildman–Crippen MR) is 155 cm³/mol. The van der Waals surface area contributed by atoms with Gasteiger partial charge in [0, 0.05) is 17.5 Å². The summed E-state index contributed by atoms with van der Waals surface area (Å²) in [6.07, 6.45) is 2.15. The van der Waals surface area contributed by atoms with E-state index in [-0.39, 0.29) is 23.4 Å². The van der Waals surface area contributed by atoms with E-state index in [2.05, 4.69) is 96.4 Å². The molecule has 1 unspecified atom stereocenters. The van der Waals surface area contributed by atoms with Gasteiger partial charge in [0.2, 0.25) is 0 Å². The van der Waals surface area contributed by atoms with Crippen LogP contribution in [0.25, 0.3) is 0 Å². The highest BCUT2D eigenvalue weighted by Gasteiger charge is 2.49. The van der Waals surface area contributed by atoms with Crippen LogP contribution < -0.4 is 17.1 Å². The van der Waals surface area contributed by atoms with Crippen LogP contribution in [0.5, 0.6) is 5.75 Å². The molecule has 38 heavy (non-hydrogen) atoms. The third kappa shape index (κ3) is 8.57. The van der Waals surface area contributed by atoms with E-state index >= 15 is 0 Å². The number of halogens is 1. The first-order chi connectivity index (χ1) is 17.3. The predicted octanol–water partition coefficient (Wildman–Crippen LogP) is 3.53. The van der Waals surface area contributed by atoms with Crippen molar-refractivity contribution in [2.24, 2.45) is 11.8 Å². The van der Waals surface area contributed by atoms with Crippen molar-refractivity contribution >= 4 is 0 Å². The number of hydrogen-bond acceptors (Lipinski definition) is 2. The maximum absolute atomic E-state index is 6.12. The Morgan fingerprint density at radius 1 is 0.711 bits per heavy atom. The highest BCUT2D eigenvalue weighted by molar-refractivity contribution is 5.42. The minimum absolute atomic E-state index is 0. The molecule has 0 aliphatic heterocycles. The van der Waals surface area contributed by atoms with E-state index < -0.39 is 0 Å². The SMILES string of the molecule is CC(C)Cc1ccccc1C(CC(C)C)(c1ccccc1)[N+](C)(C)CCOCCOc1ccccc1.O.[Cl-]. The van der Waals surface area contributed by atoms with Gasteiger partial charge in [0.1, 0.15) is 18.9 Å². The van der Waals surface area contributed by atoms with Gasteiger partial charge >= 0.3 is 0 Å². The second-order valence-electron chi connectivity index (χ2n) is 11.3. The molecule has 0 radical (unpaired) electrons. The van der Waals surface area contributed by atoms with Crippen molar-refractivity contribution in [1.82, 2.24) is 0 Å². The highest BCUT2D eigenvalue weighted by Crippen LogP contribution is 2.46. The minimum Gasteiger partial charge on any atom is -1.00 e. The van der Waals surface area contributed by atoms with Gasteiger partial charge in [-0.1, -0.05) is 100 Å². The molecule has 4 nitrogen and oxygen atoms in total. The second kappa shape index (κ2) is 15.9. The normalized spacial score (nSPS) is 12.9. The molecule has 2 N–H and O–H groups in total. The zero-order valence-corrected chi connectivity index (χ0v) is 24.9. The molecule has 0 fully saturated rings. The molecule has 5 heteroatoms. The van der Waals surface area contributed by atoms with Crippen molar-refractivity contribution in [3.8, 4) is 5.75 Å². The fraction of sp³-hybridized carbons (Fsp3) is 0.455. The van der Waals surface area contributed by atoms with E-state index in [1.807, 2.05) is 30.3 Å². The van der Waals surface area contributed by atoms with Crippen molar-refractivity contribution < 1.29 is 31.8 Å². The maximum atomic E-state index is 6.12. The molecule has 0 aliphatic rings. The lowest BCUT2D eigenvalue weighted by molar-refractivity contribution is -0.944. The molecular weight excluding hydrogens is 494 g/mol. The van der Waals surface area contributed by atoms with E-state index in [9.17, 15) is 0 Å². The van der Waals surface area contributed by atoms with Gasteiger partial charge in [-0.25, -0.2) is 0 Å². The molecule has 210 valence electrons. The molecule has 0 saturated heterocycles. The molecule has 1 atom stereocenters. The Hall–Kier alpha value is -2.37. The van der Waals surface area contributed by atoms with Crippen LogP contribution in [0.2, 0.25) is 0 Å². The Morgan fingerprint density at radius 3 is 1.89 bits per heavy atom. The third-order valence-electron chi connectivity index (χ3n) is 7.11. The van der Waals surface area contributed by atoms with Gasteiger partial charge in [-0.05, 0) is 36.0 Å². The maximum Gasteiger partial charge on any atom is 0.151 e. The van der Waals surface area contributed by atoms with Crippen molar-refractivity contribution in [3.05, 3.63) is 102 Å². The summed E-state index contributed by atoms with van der Waals surface area (Å²) in [5.41, 5.74) is 4.12. The van der Waals surface area contributed by atoms with Gasteiger partial charge in [-0.15, -0.1) is 0 Å². The number of para-hydroxylation sites is 1. The molecule has 0 spiro atoms. The van der Waals surface area contributed by atoms with E-state index in [1.54, 1.807) is 0 Å². The summed E-state index contributed by atoms with van der Waals surface area (Å²) in [5, 5.41) is 0. The number of quaternary nitrogens is 1. The summed E-state index contributed by atoms with van der Waals surface area (Å²) < 4.78 is 12.8.